The second kappa shape index (κ2) is 4.62. The van der Waals surface area contributed by atoms with Gasteiger partial charge in [0, 0.05) is 19.3 Å². The molecule has 0 aromatic carbocycles. The number of sulfone groups is 1. The van der Waals surface area contributed by atoms with Crippen LogP contribution in [0.1, 0.15) is 19.3 Å². The van der Waals surface area contributed by atoms with Crippen molar-refractivity contribution in [2.24, 2.45) is 0 Å². The highest BCUT2D eigenvalue weighted by Crippen LogP contribution is 2.17. The fourth-order valence-electron chi connectivity index (χ4n) is 1.71. The van der Waals surface area contributed by atoms with Crippen LogP contribution in [-0.2, 0) is 14.6 Å². The van der Waals surface area contributed by atoms with E-state index in [4.69, 9.17) is 5.26 Å². The number of rotatable bonds is 2. The topological polar surface area (TPSA) is 78.2 Å². The van der Waals surface area contributed by atoms with Crippen molar-refractivity contribution < 1.29 is 13.2 Å². The minimum atomic E-state index is -2.99. The molecule has 0 bridgehead atoms. The van der Waals surface area contributed by atoms with Crippen LogP contribution in [-0.4, -0.2) is 43.8 Å². The van der Waals surface area contributed by atoms with Crippen molar-refractivity contribution in [2.75, 3.05) is 19.3 Å². The van der Waals surface area contributed by atoms with Gasteiger partial charge in [-0.15, -0.1) is 0 Å². The van der Waals surface area contributed by atoms with Gasteiger partial charge in [0.2, 0.25) is 5.91 Å². The van der Waals surface area contributed by atoms with Gasteiger partial charge in [0.05, 0.1) is 11.3 Å². The van der Waals surface area contributed by atoms with E-state index in [-0.39, 0.29) is 17.6 Å². The molecule has 1 aliphatic rings. The molecule has 0 aliphatic carbocycles. The summed E-state index contributed by atoms with van der Waals surface area (Å²) in [6.07, 6.45) is 2.07. The first kappa shape index (κ1) is 12.0. The van der Waals surface area contributed by atoms with Crippen LogP contribution in [0.25, 0.3) is 0 Å². The quantitative estimate of drug-likeness (QED) is 0.665. The molecule has 1 rings (SSSR count). The number of hydrogen-bond donors (Lipinski definition) is 0. The lowest BCUT2D eigenvalue weighted by molar-refractivity contribution is -0.130. The first-order chi connectivity index (χ1) is 6.95. The third kappa shape index (κ3) is 3.20. The Bertz CT molecular complexity index is 375. The molecule has 0 spiro atoms. The van der Waals surface area contributed by atoms with Gasteiger partial charge < -0.3 is 4.90 Å². The number of likely N-dealkylation sites (tertiary alicyclic amines) is 1. The fourth-order valence-corrected chi connectivity index (χ4v) is 2.78. The highest BCUT2D eigenvalue weighted by Gasteiger charge is 2.28. The van der Waals surface area contributed by atoms with Crippen LogP contribution in [0, 0.1) is 11.3 Å². The zero-order valence-corrected chi connectivity index (χ0v) is 9.46. The summed E-state index contributed by atoms with van der Waals surface area (Å²) in [5.74, 6) is -0.204. The van der Waals surface area contributed by atoms with Gasteiger partial charge in [0.1, 0.15) is 16.3 Å². The molecule has 0 atom stereocenters. The molecular weight excluding hydrogens is 216 g/mol. The molecule has 0 radical (unpaired) electrons. The van der Waals surface area contributed by atoms with E-state index in [2.05, 4.69) is 0 Å². The van der Waals surface area contributed by atoms with Crippen LogP contribution in [0.4, 0.5) is 0 Å². The van der Waals surface area contributed by atoms with E-state index in [0.717, 1.165) is 0 Å². The number of carbonyl (C=O) groups excluding carboxylic acids is 1. The largest absolute Gasteiger partial charge is 0.342 e. The molecule has 0 unspecified atom stereocenters. The number of carbonyl (C=O) groups is 1. The molecule has 0 aromatic heterocycles. The number of hydrogen-bond acceptors (Lipinski definition) is 4. The number of nitrogens with zero attached hydrogens (tertiary/aromatic N) is 2. The van der Waals surface area contributed by atoms with Gasteiger partial charge in [0.15, 0.2) is 0 Å². The maximum Gasteiger partial charge on any atom is 0.236 e. The second-order valence-electron chi connectivity index (χ2n) is 3.74. The molecule has 1 amide bonds. The molecule has 0 N–H and O–H groups in total. The average molecular weight is 230 g/mol. The van der Waals surface area contributed by atoms with Gasteiger partial charge in [-0.3, -0.25) is 4.79 Å². The zero-order chi connectivity index (χ0) is 11.5. The minimum absolute atomic E-state index is 0.121. The van der Waals surface area contributed by atoms with Crippen molar-refractivity contribution >= 4 is 15.7 Å². The maximum absolute atomic E-state index is 11.3. The molecular formula is C9H14N2O3S. The Morgan fingerprint density at radius 1 is 1.47 bits per heavy atom. The molecule has 1 fully saturated rings. The van der Waals surface area contributed by atoms with Gasteiger partial charge in [-0.1, -0.05) is 0 Å². The molecule has 6 heteroatoms. The van der Waals surface area contributed by atoms with Gasteiger partial charge in [-0.25, -0.2) is 8.42 Å². The lowest BCUT2D eigenvalue weighted by atomic mass is 10.1. The number of nitriles is 1. The van der Waals surface area contributed by atoms with Gasteiger partial charge in [-0.2, -0.15) is 5.26 Å². The molecule has 84 valence electrons. The van der Waals surface area contributed by atoms with Gasteiger partial charge >= 0.3 is 0 Å². The van der Waals surface area contributed by atoms with Crippen molar-refractivity contribution in [3.63, 3.8) is 0 Å². The van der Waals surface area contributed by atoms with Gasteiger partial charge in [-0.05, 0) is 12.8 Å². The summed E-state index contributed by atoms with van der Waals surface area (Å²) in [6, 6.07) is 1.80. The fraction of sp³-hybridized carbons (Fsp3) is 0.778. The van der Waals surface area contributed by atoms with Crippen molar-refractivity contribution in [3.8, 4) is 6.07 Å². The Hall–Kier alpha value is -1.09. The summed E-state index contributed by atoms with van der Waals surface area (Å²) in [5.41, 5.74) is 0. The van der Waals surface area contributed by atoms with Gasteiger partial charge in [0.25, 0.3) is 0 Å². The van der Waals surface area contributed by atoms with Crippen LogP contribution in [0.5, 0.6) is 0 Å². The van der Waals surface area contributed by atoms with Crippen molar-refractivity contribution in [3.05, 3.63) is 0 Å². The first-order valence-electron chi connectivity index (χ1n) is 4.78. The summed E-state index contributed by atoms with van der Waals surface area (Å²) in [5, 5.41) is 8.03. The van der Waals surface area contributed by atoms with E-state index >= 15 is 0 Å². The van der Waals surface area contributed by atoms with Crippen LogP contribution < -0.4 is 0 Å². The van der Waals surface area contributed by atoms with E-state index < -0.39 is 9.84 Å². The van der Waals surface area contributed by atoms with E-state index in [0.29, 0.717) is 25.9 Å². The molecule has 0 aromatic rings. The summed E-state index contributed by atoms with van der Waals surface area (Å²) in [4.78, 5) is 12.9. The van der Waals surface area contributed by atoms with E-state index in [9.17, 15) is 13.2 Å². The molecule has 1 aliphatic heterocycles. The summed E-state index contributed by atoms with van der Waals surface area (Å²) in [6.45, 7) is 0.885. The highest BCUT2D eigenvalue weighted by atomic mass is 32.2. The predicted molar refractivity (Wildman–Crippen MR) is 54.7 cm³/mol. The Morgan fingerprint density at radius 3 is 2.40 bits per heavy atom. The van der Waals surface area contributed by atoms with Crippen molar-refractivity contribution in [1.82, 2.24) is 4.90 Å². The number of piperidine rings is 1. The highest BCUT2D eigenvalue weighted by molar-refractivity contribution is 7.91. The Kier molecular flexibility index (Phi) is 3.69. The van der Waals surface area contributed by atoms with E-state index in [1.807, 2.05) is 0 Å². The van der Waals surface area contributed by atoms with Crippen LogP contribution in [0.2, 0.25) is 0 Å². The summed E-state index contributed by atoms with van der Waals surface area (Å²) in [7, 11) is -2.99. The summed E-state index contributed by atoms with van der Waals surface area (Å²) < 4.78 is 22.5. The molecule has 0 saturated carbocycles. The normalized spacial score (nSPS) is 18.5. The Balaban J connectivity index is 2.50. The molecule has 5 nitrogen and oxygen atoms in total. The summed E-state index contributed by atoms with van der Waals surface area (Å²) >= 11 is 0. The molecule has 1 saturated heterocycles. The minimum Gasteiger partial charge on any atom is -0.342 e. The average Bonchev–Trinajstić information content (AvgIpc) is 2.17. The molecule has 1 heterocycles. The SMILES string of the molecule is CS(=O)(=O)C1CCN(C(=O)CC#N)CC1. The monoisotopic (exact) mass is 230 g/mol. The third-order valence-corrected chi connectivity index (χ3v) is 4.31. The van der Waals surface area contributed by atoms with Crippen LogP contribution >= 0.6 is 0 Å². The smallest absolute Gasteiger partial charge is 0.236 e. The maximum atomic E-state index is 11.3. The number of amides is 1. The lowest BCUT2D eigenvalue weighted by Gasteiger charge is -2.30. The Labute approximate surface area is 89.6 Å². The Morgan fingerprint density at radius 2 is 2.00 bits per heavy atom. The van der Waals surface area contributed by atoms with Crippen molar-refractivity contribution in [1.29, 1.82) is 5.26 Å². The standard InChI is InChI=1S/C9H14N2O3S/c1-15(13,14)8-3-6-11(7-4-8)9(12)2-5-10/h8H,2-4,6-7H2,1H3. The van der Waals surface area contributed by atoms with Crippen LogP contribution in [0.15, 0.2) is 0 Å². The van der Waals surface area contributed by atoms with Crippen LogP contribution in [0.3, 0.4) is 0 Å². The first-order valence-corrected chi connectivity index (χ1v) is 6.74. The van der Waals surface area contributed by atoms with E-state index in [1.165, 1.54) is 6.26 Å². The lowest BCUT2D eigenvalue weighted by Crippen LogP contribution is -2.42. The predicted octanol–water partition coefficient (Wildman–Crippen LogP) is -0.0643. The second-order valence-corrected chi connectivity index (χ2v) is 6.07. The van der Waals surface area contributed by atoms with E-state index in [1.54, 1.807) is 11.0 Å². The van der Waals surface area contributed by atoms with Crippen molar-refractivity contribution in [2.45, 2.75) is 24.5 Å². The third-order valence-electron chi connectivity index (χ3n) is 2.63. The molecule has 15 heavy (non-hydrogen) atoms. The zero-order valence-electron chi connectivity index (χ0n) is 8.64.